The number of rotatable bonds is 5. The zero-order valence-electron chi connectivity index (χ0n) is 20.6. The number of hydrogen-bond acceptors (Lipinski definition) is 6. The molecule has 2 fully saturated rings. The molecule has 0 aromatic carbocycles. The molecule has 4 rings (SSSR count). The maximum Gasteiger partial charge on any atom is 0.332 e. The lowest BCUT2D eigenvalue weighted by atomic mass is 9.84. The highest BCUT2D eigenvalue weighted by atomic mass is 32.2. The number of fused-ring (bicyclic) bond motifs is 3. The van der Waals surface area contributed by atoms with Crippen LogP contribution in [-0.4, -0.2) is 36.3 Å². The molecule has 180 valence electrons. The van der Waals surface area contributed by atoms with E-state index < -0.39 is 16.5 Å². The number of carbonyl (C=O) groups is 1. The highest BCUT2D eigenvalue weighted by Gasteiger charge is 2.42. The van der Waals surface area contributed by atoms with Gasteiger partial charge >= 0.3 is 5.69 Å². The van der Waals surface area contributed by atoms with Gasteiger partial charge in [0.2, 0.25) is 5.91 Å². The summed E-state index contributed by atoms with van der Waals surface area (Å²) in [6.45, 7) is 9.90. The van der Waals surface area contributed by atoms with Gasteiger partial charge in [0.25, 0.3) is 5.56 Å². The second-order valence-corrected chi connectivity index (χ2v) is 12.2. The maximum atomic E-state index is 13.1. The molecule has 2 aromatic heterocycles. The Kier molecular flexibility index (Phi) is 6.22. The van der Waals surface area contributed by atoms with Crippen molar-refractivity contribution in [3.8, 4) is 0 Å². The summed E-state index contributed by atoms with van der Waals surface area (Å²) in [5.41, 5.74) is -0.970. The third-order valence-electron chi connectivity index (χ3n) is 7.40. The van der Waals surface area contributed by atoms with Gasteiger partial charge < -0.3 is 5.32 Å². The van der Waals surface area contributed by atoms with Crippen LogP contribution in [0.3, 0.4) is 0 Å². The predicted octanol–water partition coefficient (Wildman–Crippen LogP) is 2.75. The van der Waals surface area contributed by atoms with E-state index >= 15 is 0 Å². The smallest absolute Gasteiger partial charge is 0.332 e. The second-order valence-electron chi connectivity index (χ2n) is 10.9. The standard InChI is InChI=1S/C24H35N5O3S/c1-12(16-11-14-8-9-15(16)10-14)25-19(30)13(2)33-20-17-18(26-22(27-20)24(3,4)5)28(6)23(32)29(7)21(17)31/h12-16H,8-11H2,1-7H3,(H,25,30). The molecular formula is C24H35N5O3S. The molecule has 2 heterocycles. The molecule has 0 spiro atoms. The Morgan fingerprint density at radius 3 is 2.36 bits per heavy atom. The Morgan fingerprint density at radius 1 is 1.09 bits per heavy atom. The Hall–Kier alpha value is -2.16. The molecule has 2 aliphatic carbocycles. The molecule has 0 saturated heterocycles. The zero-order valence-corrected chi connectivity index (χ0v) is 21.5. The van der Waals surface area contributed by atoms with E-state index in [1.807, 2.05) is 27.7 Å². The summed E-state index contributed by atoms with van der Waals surface area (Å²) in [5, 5.41) is 3.50. The number of amides is 1. The van der Waals surface area contributed by atoms with Crippen LogP contribution < -0.4 is 16.6 Å². The molecule has 2 aromatic rings. The van der Waals surface area contributed by atoms with Crippen molar-refractivity contribution in [1.82, 2.24) is 24.4 Å². The molecule has 0 radical (unpaired) electrons. The van der Waals surface area contributed by atoms with Crippen molar-refractivity contribution in [2.75, 3.05) is 0 Å². The lowest BCUT2D eigenvalue weighted by Crippen LogP contribution is -2.43. The van der Waals surface area contributed by atoms with Crippen molar-refractivity contribution >= 4 is 28.7 Å². The van der Waals surface area contributed by atoms with Crippen molar-refractivity contribution in [3.05, 3.63) is 26.7 Å². The first kappa shape index (κ1) is 24.0. The van der Waals surface area contributed by atoms with Gasteiger partial charge in [-0.05, 0) is 50.9 Å². The Morgan fingerprint density at radius 2 is 1.79 bits per heavy atom. The first-order valence-corrected chi connectivity index (χ1v) is 12.7. The van der Waals surface area contributed by atoms with Crippen LogP contribution in [0.15, 0.2) is 14.6 Å². The molecule has 33 heavy (non-hydrogen) atoms. The minimum Gasteiger partial charge on any atom is -0.352 e. The first-order valence-electron chi connectivity index (χ1n) is 11.8. The average molecular weight is 474 g/mol. The Labute approximate surface area is 198 Å². The minimum atomic E-state index is -0.445. The number of nitrogens with zero attached hydrogens (tertiary/aromatic N) is 4. The Bertz CT molecular complexity index is 1210. The molecule has 1 amide bonds. The summed E-state index contributed by atoms with van der Waals surface area (Å²) < 4.78 is 2.44. The van der Waals surface area contributed by atoms with Gasteiger partial charge in [-0.2, -0.15) is 0 Å². The van der Waals surface area contributed by atoms with Gasteiger partial charge in [-0.1, -0.05) is 39.0 Å². The zero-order chi connectivity index (χ0) is 24.2. The minimum absolute atomic E-state index is 0.0546. The summed E-state index contributed by atoms with van der Waals surface area (Å²) in [6, 6.07) is 0.136. The molecular weight excluding hydrogens is 438 g/mol. The Balaban J connectivity index is 1.65. The SMILES string of the molecule is CC(Sc1nc(C(C)(C)C)nc2c1c(=O)n(C)c(=O)n2C)C(=O)NC(C)C1CC2CCC1C2. The van der Waals surface area contributed by atoms with Gasteiger partial charge in [-0.15, -0.1) is 0 Å². The van der Waals surface area contributed by atoms with Gasteiger partial charge in [0, 0.05) is 25.6 Å². The quantitative estimate of drug-likeness (QED) is 0.530. The molecule has 2 bridgehead atoms. The van der Waals surface area contributed by atoms with Crippen molar-refractivity contribution < 1.29 is 4.79 Å². The van der Waals surface area contributed by atoms with Crippen molar-refractivity contribution in [3.63, 3.8) is 0 Å². The number of hydrogen-bond donors (Lipinski definition) is 1. The first-order chi connectivity index (χ1) is 15.4. The van der Waals surface area contributed by atoms with Crippen LogP contribution in [0.2, 0.25) is 0 Å². The van der Waals surface area contributed by atoms with Gasteiger partial charge in [-0.3, -0.25) is 18.7 Å². The highest BCUT2D eigenvalue weighted by Crippen LogP contribution is 2.49. The highest BCUT2D eigenvalue weighted by molar-refractivity contribution is 8.00. The maximum absolute atomic E-state index is 13.1. The normalized spacial score (nSPS) is 24.3. The third kappa shape index (κ3) is 4.36. The summed E-state index contributed by atoms with van der Waals surface area (Å²) in [6.07, 6.45) is 5.13. The summed E-state index contributed by atoms with van der Waals surface area (Å²) in [5.74, 6) is 2.60. The number of carbonyl (C=O) groups excluding carboxylic acids is 1. The molecule has 2 aliphatic rings. The van der Waals surface area contributed by atoms with Crippen molar-refractivity contribution in [2.45, 2.75) is 82.0 Å². The molecule has 8 nitrogen and oxygen atoms in total. The molecule has 2 saturated carbocycles. The third-order valence-corrected chi connectivity index (χ3v) is 8.49. The van der Waals surface area contributed by atoms with Gasteiger partial charge in [0.15, 0.2) is 5.65 Å². The number of aromatic nitrogens is 4. The lowest BCUT2D eigenvalue weighted by Gasteiger charge is -2.29. The van der Waals surface area contributed by atoms with Crippen molar-refractivity contribution in [1.29, 1.82) is 0 Å². The fourth-order valence-corrected chi connectivity index (χ4v) is 6.37. The van der Waals surface area contributed by atoms with Crippen LogP contribution in [0.5, 0.6) is 0 Å². The summed E-state index contributed by atoms with van der Waals surface area (Å²) in [4.78, 5) is 47.9. The van der Waals surface area contributed by atoms with E-state index in [-0.39, 0.29) is 22.8 Å². The average Bonchev–Trinajstić information content (AvgIpc) is 3.38. The van der Waals surface area contributed by atoms with E-state index in [1.165, 1.54) is 49.1 Å². The van der Waals surface area contributed by atoms with Gasteiger partial charge in [0.1, 0.15) is 16.2 Å². The second kappa shape index (κ2) is 8.56. The van der Waals surface area contributed by atoms with Crippen LogP contribution in [0, 0.1) is 17.8 Å². The van der Waals surface area contributed by atoms with E-state index in [0.29, 0.717) is 22.4 Å². The van der Waals surface area contributed by atoms with E-state index in [4.69, 9.17) is 4.98 Å². The summed E-state index contributed by atoms with van der Waals surface area (Å²) >= 11 is 1.26. The molecule has 1 N–H and O–H groups in total. The van der Waals surface area contributed by atoms with Crippen LogP contribution in [0.25, 0.3) is 11.0 Å². The van der Waals surface area contributed by atoms with Gasteiger partial charge in [0.05, 0.1) is 5.25 Å². The lowest BCUT2D eigenvalue weighted by molar-refractivity contribution is -0.121. The van der Waals surface area contributed by atoms with E-state index in [0.717, 1.165) is 16.4 Å². The van der Waals surface area contributed by atoms with E-state index in [2.05, 4.69) is 17.2 Å². The largest absolute Gasteiger partial charge is 0.352 e. The molecule has 0 aliphatic heterocycles. The topological polar surface area (TPSA) is 98.9 Å². The number of thioether (sulfide) groups is 1. The van der Waals surface area contributed by atoms with Crippen LogP contribution in [0.4, 0.5) is 0 Å². The van der Waals surface area contributed by atoms with Crippen LogP contribution >= 0.6 is 11.8 Å². The number of nitrogens with one attached hydrogen (secondary N) is 1. The van der Waals surface area contributed by atoms with Crippen LogP contribution in [-0.2, 0) is 24.3 Å². The van der Waals surface area contributed by atoms with Crippen LogP contribution in [0.1, 0.15) is 66.1 Å². The predicted molar refractivity (Wildman–Crippen MR) is 131 cm³/mol. The summed E-state index contributed by atoms with van der Waals surface area (Å²) in [7, 11) is 3.05. The monoisotopic (exact) mass is 473 g/mol. The van der Waals surface area contributed by atoms with Crippen molar-refractivity contribution in [2.24, 2.45) is 31.8 Å². The molecule has 5 atom stereocenters. The van der Waals surface area contributed by atoms with Gasteiger partial charge in [-0.25, -0.2) is 14.8 Å². The number of aryl methyl sites for hydroxylation is 1. The molecule has 9 heteroatoms. The van der Waals surface area contributed by atoms with E-state index in [1.54, 1.807) is 7.05 Å². The fourth-order valence-electron chi connectivity index (χ4n) is 5.43. The fraction of sp³-hybridized carbons (Fsp3) is 0.708. The molecule has 5 unspecified atom stereocenters. The van der Waals surface area contributed by atoms with E-state index in [9.17, 15) is 14.4 Å².